The SMILES string of the molecule is CC1OCCC1Cn1c(CCl)nc2cc(Br)c(F)cc21. The van der Waals surface area contributed by atoms with E-state index in [2.05, 4.69) is 27.8 Å². The van der Waals surface area contributed by atoms with Crippen molar-refractivity contribution in [3.05, 3.63) is 28.2 Å². The molecule has 2 heterocycles. The Morgan fingerprint density at radius 3 is 3.00 bits per heavy atom. The highest BCUT2D eigenvalue weighted by atomic mass is 79.9. The van der Waals surface area contributed by atoms with Crippen molar-refractivity contribution in [1.82, 2.24) is 9.55 Å². The van der Waals surface area contributed by atoms with E-state index in [4.69, 9.17) is 16.3 Å². The molecule has 1 aromatic carbocycles. The molecule has 3 nitrogen and oxygen atoms in total. The first-order valence-corrected chi connectivity index (χ1v) is 7.94. The van der Waals surface area contributed by atoms with Gasteiger partial charge < -0.3 is 9.30 Å². The minimum absolute atomic E-state index is 0.218. The third kappa shape index (κ3) is 2.47. The summed E-state index contributed by atoms with van der Waals surface area (Å²) in [5.74, 6) is 1.23. The molecule has 0 N–H and O–H groups in total. The van der Waals surface area contributed by atoms with Crippen LogP contribution in [0.5, 0.6) is 0 Å². The molecule has 6 heteroatoms. The number of imidazole rings is 1. The lowest BCUT2D eigenvalue weighted by atomic mass is 10.0. The molecule has 2 aromatic rings. The van der Waals surface area contributed by atoms with Crippen LogP contribution in [-0.2, 0) is 17.2 Å². The van der Waals surface area contributed by atoms with Gasteiger partial charge in [-0.1, -0.05) is 0 Å². The molecule has 2 atom stereocenters. The number of halogens is 3. The lowest BCUT2D eigenvalue weighted by molar-refractivity contribution is 0.102. The van der Waals surface area contributed by atoms with Crippen LogP contribution in [0.4, 0.5) is 4.39 Å². The Morgan fingerprint density at radius 2 is 2.35 bits per heavy atom. The first-order valence-electron chi connectivity index (χ1n) is 6.62. The maximum Gasteiger partial charge on any atom is 0.139 e. The van der Waals surface area contributed by atoms with Gasteiger partial charge in [0.25, 0.3) is 0 Å². The second kappa shape index (κ2) is 5.62. The number of benzene rings is 1. The number of hydrogen-bond acceptors (Lipinski definition) is 2. The Balaban J connectivity index is 2.05. The molecule has 1 aliphatic rings. The monoisotopic (exact) mass is 360 g/mol. The normalized spacial score (nSPS) is 22.8. The van der Waals surface area contributed by atoms with Crippen molar-refractivity contribution in [2.45, 2.75) is 31.9 Å². The van der Waals surface area contributed by atoms with E-state index in [1.54, 1.807) is 6.07 Å². The van der Waals surface area contributed by atoms with Crippen molar-refractivity contribution in [2.24, 2.45) is 5.92 Å². The lowest BCUT2D eigenvalue weighted by Crippen LogP contribution is -2.19. The van der Waals surface area contributed by atoms with Gasteiger partial charge in [-0.3, -0.25) is 0 Å². The molecule has 0 bridgehead atoms. The number of alkyl halides is 1. The molecule has 20 heavy (non-hydrogen) atoms. The molecule has 0 saturated carbocycles. The number of nitrogens with zero attached hydrogens (tertiary/aromatic N) is 2. The van der Waals surface area contributed by atoms with Gasteiger partial charge in [-0.25, -0.2) is 9.37 Å². The highest BCUT2D eigenvalue weighted by Gasteiger charge is 2.26. The zero-order valence-corrected chi connectivity index (χ0v) is 13.4. The van der Waals surface area contributed by atoms with E-state index < -0.39 is 0 Å². The van der Waals surface area contributed by atoms with Gasteiger partial charge in [0.15, 0.2) is 0 Å². The molecule has 2 unspecified atom stereocenters. The largest absolute Gasteiger partial charge is 0.378 e. The quantitative estimate of drug-likeness (QED) is 0.770. The van der Waals surface area contributed by atoms with Crippen molar-refractivity contribution >= 4 is 38.6 Å². The van der Waals surface area contributed by atoms with E-state index in [1.165, 1.54) is 6.07 Å². The van der Waals surface area contributed by atoms with Gasteiger partial charge in [0.05, 0.1) is 27.5 Å². The number of ether oxygens (including phenoxy) is 1. The Labute approximate surface area is 130 Å². The van der Waals surface area contributed by atoms with Crippen LogP contribution in [0.2, 0.25) is 0 Å². The van der Waals surface area contributed by atoms with Crippen molar-refractivity contribution in [2.75, 3.05) is 6.61 Å². The summed E-state index contributed by atoms with van der Waals surface area (Å²) in [4.78, 5) is 4.49. The second-order valence-electron chi connectivity index (χ2n) is 5.15. The molecular formula is C14H15BrClFN2O. The maximum absolute atomic E-state index is 13.8. The van der Waals surface area contributed by atoms with E-state index in [1.807, 2.05) is 4.57 Å². The first kappa shape index (κ1) is 14.3. The minimum atomic E-state index is -0.282. The molecule has 0 radical (unpaired) electrons. The summed E-state index contributed by atoms with van der Waals surface area (Å²) in [7, 11) is 0. The molecule has 0 spiro atoms. The highest BCUT2D eigenvalue weighted by molar-refractivity contribution is 9.10. The number of aromatic nitrogens is 2. The summed E-state index contributed by atoms with van der Waals surface area (Å²) >= 11 is 9.18. The number of fused-ring (bicyclic) bond motifs is 1. The molecule has 1 fully saturated rings. The van der Waals surface area contributed by atoms with Crippen LogP contribution >= 0.6 is 27.5 Å². The van der Waals surface area contributed by atoms with Gasteiger partial charge in [0.1, 0.15) is 11.6 Å². The fourth-order valence-corrected chi connectivity index (χ4v) is 3.26. The average Bonchev–Trinajstić information content (AvgIpc) is 2.96. The molecule has 0 aliphatic carbocycles. The summed E-state index contributed by atoms with van der Waals surface area (Å²) < 4.78 is 21.8. The van der Waals surface area contributed by atoms with Crippen LogP contribution < -0.4 is 0 Å². The Hall–Kier alpha value is -0.650. The van der Waals surface area contributed by atoms with Crippen LogP contribution in [0.1, 0.15) is 19.2 Å². The van der Waals surface area contributed by atoms with Crippen LogP contribution in [0.3, 0.4) is 0 Å². The summed E-state index contributed by atoms with van der Waals surface area (Å²) in [5.41, 5.74) is 1.56. The molecule has 1 aliphatic heterocycles. The van der Waals surface area contributed by atoms with Crippen molar-refractivity contribution < 1.29 is 9.13 Å². The maximum atomic E-state index is 13.8. The summed E-state index contributed by atoms with van der Waals surface area (Å²) in [6.45, 7) is 3.63. The van der Waals surface area contributed by atoms with Crippen molar-refractivity contribution in [3.8, 4) is 0 Å². The van der Waals surface area contributed by atoms with E-state index in [0.29, 0.717) is 16.3 Å². The zero-order chi connectivity index (χ0) is 14.3. The molecular weight excluding hydrogens is 347 g/mol. The first-order chi connectivity index (χ1) is 9.60. The van der Waals surface area contributed by atoms with Gasteiger partial charge in [-0.15, -0.1) is 11.6 Å². The van der Waals surface area contributed by atoms with Gasteiger partial charge in [-0.2, -0.15) is 0 Å². The van der Waals surface area contributed by atoms with Crippen LogP contribution in [0.15, 0.2) is 16.6 Å². The van der Waals surface area contributed by atoms with Gasteiger partial charge in [-0.05, 0) is 35.3 Å². The molecule has 108 valence electrons. The Bertz CT molecular complexity index is 646. The summed E-state index contributed by atoms with van der Waals surface area (Å²) in [6, 6.07) is 3.22. The van der Waals surface area contributed by atoms with Gasteiger partial charge in [0, 0.05) is 25.1 Å². The van der Waals surface area contributed by atoms with Crippen LogP contribution in [0.25, 0.3) is 11.0 Å². The Morgan fingerprint density at radius 1 is 1.55 bits per heavy atom. The topological polar surface area (TPSA) is 27.1 Å². The predicted octanol–water partition coefficient (Wildman–Crippen LogP) is 4.10. The van der Waals surface area contributed by atoms with Crippen LogP contribution in [-0.4, -0.2) is 22.3 Å². The van der Waals surface area contributed by atoms with Gasteiger partial charge in [0.2, 0.25) is 0 Å². The fourth-order valence-electron chi connectivity index (χ4n) is 2.73. The zero-order valence-electron chi connectivity index (χ0n) is 11.1. The van der Waals surface area contributed by atoms with Crippen LogP contribution in [0, 0.1) is 11.7 Å². The standard InChI is InChI=1S/C14H15BrClFN2O/c1-8-9(2-3-20-8)7-19-13-5-11(17)10(15)4-12(13)18-14(19)6-16/h4-5,8-9H,2-3,6-7H2,1H3. The predicted molar refractivity (Wildman–Crippen MR) is 80.5 cm³/mol. The van der Waals surface area contributed by atoms with E-state index in [9.17, 15) is 4.39 Å². The Kier molecular flexibility index (Phi) is 4.02. The third-order valence-electron chi connectivity index (χ3n) is 3.94. The van der Waals surface area contributed by atoms with Crippen molar-refractivity contribution in [3.63, 3.8) is 0 Å². The second-order valence-corrected chi connectivity index (χ2v) is 6.27. The lowest BCUT2D eigenvalue weighted by Gasteiger charge is -2.16. The van der Waals surface area contributed by atoms with E-state index in [0.717, 1.165) is 36.4 Å². The summed E-state index contributed by atoms with van der Waals surface area (Å²) in [5, 5.41) is 0. The van der Waals surface area contributed by atoms with Gasteiger partial charge >= 0.3 is 0 Å². The number of rotatable bonds is 3. The average molecular weight is 362 g/mol. The van der Waals surface area contributed by atoms with E-state index in [-0.39, 0.29) is 11.9 Å². The fraction of sp³-hybridized carbons (Fsp3) is 0.500. The molecule has 1 saturated heterocycles. The number of hydrogen-bond donors (Lipinski definition) is 0. The molecule has 1 aromatic heterocycles. The van der Waals surface area contributed by atoms with Crippen molar-refractivity contribution in [1.29, 1.82) is 0 Å². The smallest absolute Gasteiger partial charge is 0.139 e. The minimum Gasteiger partial charge on any atom is -0.378 e. The highest BCUT2D eigenvalue weighted by Crippen LogP contribution is 2.28. The molecule has 0 amide bonds. The third-order valence-corrected chi connectivity index (χ3v) is 4.79. The molecule has 3 rings (SSSR count). The summed E-state index contributed by atoms with van der Waals surface area (Å²) in [6.07, 6.45) is 1.23. The van der Waals surface area contributed by atoms with E-state index >= 15 is 0 Å².